The summed E-state index contributed by atoms with van der Waals surface area (Å²) in [7, 11) is 0. The van der Waals surface area contributed by atoms with E-state index in [1.807, 2.05) is 5.32 Å². The summed E-state index contributed by atoms with van der Waals surface area (Å²) in [6.45, 7) is 7.04. The average molecular weight is 946 g/mol. The van der Waals surface area contributed by atoms with Gasteiger partial charge in [0.1, 0.15) is 48.3 Å². The van der Waals surface area contributed by atoms with Crippen molar-refractivity contribution >= 4 is 71.1 Å². The molecule has 28 nitrogen and oxygen atoms in total. The molecule has 0 radical (unpaired) electrons. The summed E-state index contributed by atoms with van der Waals surface area (Å²) in [5.74, 6) is -13.6. The van der Waals surface area contributed by atoms with E-state index in [0.29, 0.717) is 0 Å². The van der Waals surface area contributed by atoms with Crippen LogP contribution >= 0.6 is 0 Å². The Morgan fingerprint density at radius 1 is 0.530 bits per heavy atom. The third-order valence-corrected chi connectivity index (χ3v) is 9.19. The van der Waals surface area contributed by atoms with Crippen molar-refractivity contribution in [3.8, 4) is 0 Å². The number of aliphatic imine (C=N–C) groups is 1. The Hall–Kier alpha value is -6.68. The van der Waals surface area contributed by atoms with Crippen LogP contribution < -0.4 is 65.9 Å². The maximum Gasteiger partial charge on any atom is 0.326 e. The number of carbonyl (C=O) groups is 11. The van der Waals surface area contributed by atoms with Gasteiger partial charge in [-0.3, -0.25) is 52.9 Å². The van der Waals surface area contributed by atoms with Gasteiger partial charge in [-0.05, 0) is 50.9 Å². The van der Waals surface area contributed by atoms with Crippen molar-refractivity contribution in [2.75, 3.05) is 13.2 Å². The van der Waals surface area contributed by atoms with Crippen LogP contribution in [0.25, 0.3) is 0 Å². The van der Waals surface area contributed by atoms with Crippen molar-refractivity contribution in [2.45, 2.75) is 140 Å². The van der Waals surface area contributed by atoms with E-state index in [2.05, 4.69) is 36.9 Å². The van der Waals surface area contributed by atoms with Crippen molar-refractivity contribution < 1.29 is 73.2 Å². The van der Waals surface area contributed by atoms with Crippen LogP contribution in [0.3, 0.4) is 0 Å². The number of nitrogens with two attached hydrogens (primary N) is 5. The predicted molar refractivity (Wildman–Crippen MR) is 231 cm³/mol. The van der Waals surface area contributed by atoms with Crippen LogP contribution in [-0.2, 0) is 52.7 Å². The molecule has 0 aliphatic heterocycles. The minimum absolute atomic E-state index is 0.00773. The smallest absolute Gasteiger partial charge is 0.326 e. The van der Waals surface area contributed by atoms with Gasteiger partial charge >= 0.3 is 11.9 Å². The van der Waals surface area contributed by atoms with E-state index >= 15 is 0 Å². The normalized spacial score (nSPS) is 15.1. The summed E-state index contributed by atoms with van der Waals surface area (Å²) in [5.41, 5.74) is 26.8. The van der Waals surface area contributed by atoms with E-state index < -0.39 is 152 Å². The second kappa shape index (κ2) is 29.7. The lowest BCUT2D eigenvalue weighted by Crippen LogP contribution is -2.61. The van der Waals surface area contributed by atoms with Crippen LogP contribution in [0, 0.1) is 11.8 Å². The highest BCUT2D eigenvalue weighted by Gasteiger charge is 2.36. The van der Waals surface area contributed by atoms with Crippen LogP contribution in [0.2, 0.25) is 0 Å². The van der Waals surface area contributed by atoms with E-state index in [0.717, 1.165) is 6.92 Å². The largest absolute Gasteiger partial charge is 0.481 e. The number of aliphatic hydroxyl groups excluding tert-OH is 2. The van der Waals surface area contributed by atoms with E-state index in [9.17, 15) is 73.2 Å². The number of hydrogen-bond acceptors (Lipinski definition) is 15. The number of hydrogen-bond donors (Lipinski definition) is 16. The molecule has 0 bridgehead atoms. The van der Waals surface area contributed by atoms with E-state index in [4.69, 9.17) is 28.7 Å². The molecule has 0 spiro atoms. The molecule has 0 aromatic carbocycles. The van der Waals surface area contributed by atoms with Crippen molar-refractivity contribution in [2.24, 2.45) is 45.5 Å². The molecule has 0 unspecified atom stereocenters. The van der Waals surface area contributed by atoms with Gasteiger partial charge < -0.3 is 86.3 Å². The summed E-state index contributed by atoms with van der Waals surface area (Å²) in [6.07, 6.45) is -5.02. The Morgan fingerprint density at radius 2 is 0.924 bits per heavy atom. The second-order valence-corrected chi connectivity index (χ2v) is 16.2. The molecule has 0 aliphatic rings. The quantitative estimate of drug-likeness (QED) is 0.0169. The number of carboxylic acids is 2. The lowest BCUT2D eigenvalue weighted by Gasteiger charge is -2.28. The van der Waals surface area contributed by atoms with E-state index in [1.54, 1.807) is 27.7 Å². The molecule has 0 heterocycles. The molecule has 0 rings (SSSR count). The highest BCUT2D eigenvalue weighted by molar-refractivity contribution is 5.99. The van der Waals surface area contributed by atoms with Crippen LogP contribution in [0.1, 0.15) is 86.0 Å². The van der Waals surface area contributed by atoms with Crippen molar-refractivity contribution in [1.29, 1.82) is 0 Å². The number of aliphatic hydroxyl groups is 2. The number of guanidine groups is 1. The average Bonchev–Trinajstić information content (AvgIpc) is 3.19. The second-order valence-electron chi connectivity index (χ2n) is 16.2. The zero-order chi connectivity index (χ0) is 51.0. The minimum Gasteiger partial charge on any atom is -0.481 e. The molecule has 28 heteroatoms. The first kappa shape index (κ1) is 59.3. The molecule has 0 aliphatic carbocycles. The number of nitrogens with one attached hydrogen (secondary N) is 7. The molecule has 0 saturated heterocycles. The molecule has 21 N–H and O–H groups in total. The predicted octanol–water partition coefficient (Wildman–Crippen LogP) is -7.07. The van der Waals surface area contributed by atoms with E-state index in [-0.39, 0.29) is 50.0 Å². The number of nitrogens with zero attached hydrogens (tertiary/aromatic N) is 1. The minimum atomic E-state index is -1.92. The Balaban J connectivity index is 6.77. The number of carbonyl (C=O) groups excluding carboxylic acids is 9. The molecule has 374 valence electrons. The number of primary amides is 2. The van der Waals surface area contributed by atoms with Gasteiger partial charge in [0.15, 0.2) is 5.96 Å². The van der Waals surface area contributed by atoms with Gasteiger partial charge in [0, 0.05) is 13.0 Å². The van der Waals surface area contributed by atoms with Crippen LogP contribution in [0.4, 0.5) is 0 Å². The first-order chi connectivity index (χ1) is 30.6. The van der Waals surface area contributed by atoms with Crippen LogP contribution in [0.5, 0.6) is 0 Å². The third kappa shape index (κ3) is 23.8. The molecule has 66 heavy (non-hydrogen) atoms. The van der Waals surface area contributed by atoms with Gasteiger partial charge in [0.25, 0.3) is 0 Å². The first-order valence-corrected chi connectivity index (χ1v) is 20.8. The maximum atomic E-state index is 14.0. The van der Waals surface area contributed by atoms with Crippen molar-refractivity contribution in [1.82, 2.24) is 37.2 Å². The number of aliphatic carboxylic acids is 2. The highest BCUT2D eigenvalue weighted by Crippen LogP contribution is 2.11. The monoisotopic (exact) mass is 945 g/mol. The number of carboxylic acid groups (broad SMARTS) is 2. The fourth-order valence-electron chi connectivity index (χ4n) is 5.90. The fourth-order valence-corrected chi connectivity index (χ4v) is 5.90. The molecule has 0 fully saturated rings. The standard InChI is InChI=1S/C38H67N13O15/c1-16(2)11-22(47-30(58)19(39)15-52)34(62)49-24(13-26(40)54)35(63)48-23(12-17(3)4)33(61)45-20(7-6-10-44-38(42)43)31(59)46-21(8-9-28(56)57)32(60)51-29(18(5)53)36(64)50-25(37(65)66)14-27(41)55/h16-25,29,52-53H,6-15,39H2,1-5H3,(H2,40,54)(H2,41,55)(H,45,61)(H,46,59)(H,47,58)(H,48,63)(H,49,62)(H,50,64)(H,51,60)(H,56,57)(H,65,66)(H4,42,43,44)/t18-,19+,20+,21+,22+,23+,24+,25+,29+/m1/s1. The topological polar surface area (TPSA) is 495 Å². The van der Waals surface area contributed by atoms with Crippen molar-refractivity contribution in [3.05, 3.63) is 0 Å². The summed E-state index contributed by atoms with van der Waals surface area (Å²) >= 11 is 0. The van der Waals surface area contributed by atoms with Gasteiger partial charge in [-0.2, -0.15) is 0 Å². The highest BCUT2D eigenvalue weighted by atomic mass is 16.4. The fraction of sp³-hybridized carbons (Fsp3) is 0.684. The molecule has 0 saturated carbocycles. The van der Waals surface area contributed by atoms with Crippen molar-refractivity contribution in [3.63, 3.8) is 0 Å². The Kier molecular flexibility index (Phi) is 26.7. The molecule has 9 amide bonds. The third-order valence-electron chi connectivity index (χ3n) is 9.19. The zero-order valence-electron chi connectivity index (χ0n) is 37.5. The van der Waals surface area contributed by atoms with Gasteiger partial charge in [-0.25, -0.2) is 4.79 Å². The van der Waals surface area contributed by atoms with E-state index in [1.165, 1.54) is 0 Å². The van der Waals surface area contributed by atoms with Gasteiger partial charge in [-0.1, -0.05) is 27.7 Å². The summed E-state index contributed by atoms with van der Waals surface area (Å²) in [5, 5.41) is 54.4. The molecule has 0 aromatic rings. The molecule has 0 aromatic heterocycles. The Morgan fingerprint density at radius 3 is 1.35 bits per heavy atom. The molecular formula is C38H67N13O15. The lowest BCUT2D eigenvalue weighted by atomic mass is 10.00. The maximum absolute atomic E-state index is 14.0. The van der Waals surface area contributed by atoms with Gasteiger partial charge in [0.05, 0.1) is 25.6 Å². The first-order valence-electron chi connectivity index (χ1n) is 20.8. The number of amides is 9. The Labute approximate surface area is 380 Å². The lowest BCUT2D eigenvalue weighted by molar-refractivity contribution is -0.144. The SMILES string of the molecule is CC(C)C[C@H](NC(=O)[C@H](CC(N)=O)NC(=O)[C@H](CC(C)C)NC(=O)[C@@H](N)CO)C(=O)N[C@@H](CCCN=C(N)N)C(=O)N[C@@H](CCC(=O)O)C(=O)N[C@H](C(=O)N[C@@H](CC(N)=O)C(=O)O)[C@@H](C)O. The number of rotatable bonds is 32. The molecular weight excluding hydrogens is 878 g/mol. The van der Waals surface area contributed by atoms with Crippen LogP contribution in [0.15, 0.2) is 4.99 Å². The van der Waals surface area contributed by atoms with Gasteiger partial charge in [-0.15, -0.1) is 0 Å². The summed E-state index contributed by atoms with van der Waals surface area (Å²) in [6, 6.07) is -13.0. The van der Waals surface area contributed by atoms with Crippen LogP contribution in [-0.4, -0.2) is 159 Å². The van der Waals surface area contributed by atoms with Gasteiger partial charge in [0.2, 0.25) is 53.2 Å². The zero-order valence-corrected chi connectivity index (χ0v) is 37.5. The molecule has 9 atom stereocenters. The summed E-state index contributed by atoms with van der Waals surface area (Å²) in [4.78, 5) is 144. The Bertz CT molecular complexity index is 1760. The summed E-state index contributed by atoms with van der Waals surface area (Å²) < 4.78 is 0.